The lowest BCUT2D eigenvalue weighted by Crippen LogP contribution is -2.35. The molecule has 2 aliphatic heterocycles. The number of esters is 1. The first kappa shape index (κ1) is 19.1. The molecule has 0 bridgehead atoms. The summed E-state index contributed by atoms with van der Waals surface area (Å²) in [7, 11) is 1.41. The summed E-state index contributed by atoms with van der Waals surface area (Å²) in [5, 5.41) is 8.49. The summed E-state index contributed by atoms with van der Waals surface area (Å²) in [4.78, 5) is 35.6. The second-order valence-electron chi connectivity index (χ2n) is 7.70. The lowest BCUT2D eigenvalue weighted by Gasteiger charge is -2.25. The summed E-state index contributed by atoms with van der Waals surface area (Å²) in [6.07, 6.45) is 1.41. The molecule has 1 amide bonds. The highest BCUT2D eigenvalue weighted by atomic mass is 32.1. The summed E-state index contributed by atoms with van der Waals surface area (Å²) in [6.45, 7) is 1.91. The second kappa shape index (κ2) is 7.73. The third-order valence-corrected chi connectivity index (χ3v) is 6.74. The minimum absolute atomic E-state index is 0.0145. The molecular formula is C21H23N5O3S. The maximum absolute atomic E-state index is 13.0. The number of H-pyrrole nitrogens is 1. The van der Waals surface area contributed by atoms with Gasteiger partial charge in [0.15, 0.2) is 5.13 Å². The van der Waals surface area contributed by atoms with E-state index in [1.165, 1.54) is 7.11 Å². The highest BCUT2D eigenvalue weighted by Crippen LogP contribution is 2.30. The second-order valence-corrected chi connectivity index (χ2v) is 8.78. The van der Waals surface area contributed by atoms with Crippen LogP contribution in [0.4, 0.5) is 5.13 Å². The number of anilines is 1. The average Bonchev–Trinajstić information content (AvgIpc) is 3.49. The Bertz CT molecular complexity index is 1070. The van der Waals surface area contributed by atoms with Crippen molar-refractivity contribution in [3.05, 3.63) is 46.6 Å². The Morgan fingerprint density at radius 3 is 3.03 bits per heavy atom. The molecule has 0 saturated carbocycles. The first-order chi connectivity index (χ1) is 14.6. The van der Waals surface area contributed by atoms with Gasteiger partial charge in [0.1, 0.15) is 11.7 Å². The molecule has 9 heteroatoms. The van der Waals surface area contributed by atoms with Gasteiger partial charge in [0.05, 0.1) is 19.3 Å². The summed E-state index contributed by atoms with van der Waals surface area (Å²) in [6, 6.07) is 9.68. The number of hydrogen-bond donors (Lipinski definition) is 3. The van der Waals surface area contributed by atoms with E-state index in [1.54, 1.807) is 11.3 Å². The van der Waals surface area contributed by atoms with Gasteiger partial charge >= 0.3 is 5.97 Å². The number of fused-ring (bicyclic) bond motifs is 2. The van der Waals surface area contributed by atoms with Crippen molar-refractivity contribution < 1.29 is 14.3 Å². The third-order valence-electron chi connectivity index (χ3n) is 5.72. The van der Waals surface area contributed by atoms with Crippen molar-refractivity contribution in [2.45, 2.75) is 31.5 Å². The molecule has 2 atom stereocenters. The van der Waals surface area contributed by atoms with Gasteiger partial charge in [-0.05, 0) is 18.6 Å². The molecule has 5 rings (SSSR count). The van der Waals surface area contributed by atoms with E-state index in [1.807, 2.05) is 35.2 Å². The van der Waals surface area contributed by atoms with Crippen LogP contribution in [0.2, 0.25) is 0 Å². The summed E-state index contributed by atoms with van der Waals surface area (Å²) in [5.41, 5.74) is 2.64. The Morgan fingerprint density at radius 1 is 1.33 bits per heavy atom. The van der Waals surface area contributed by atoms with E-state index in [-0.39, 0.29) is 24.0 Å². The zero-order valence-corrected chi connectivity index (χ0v) is 17.4. The zero-order chi connectivity index (χ0) is 20.7. The van der Waals surface area contributed by atoms with Crippen LogP contribution in [0.25, 0.3) is 10.9 Å². The number of carbonyl (C=O) groups excluding carboxylic acids is 2. The minimum Gasteiger partial charge on any atom is -0.468 e. The predicted octanol–water partition coefficient (Wildman–Crippen LogP) is 2.14. The number of amides is 1. The quantitative estimate of drug-likeness (QED) is 0.554. The highest BCUT2D eigenvalue weighted by molar-refractivity contribution is 7.15. The molecule has 0 radical (unpaired) electrons. The highest BCUT2D eigenvalue weighted by Gasteiger charge is 2.31. The van der Waals surface area contributed by atoms with Gasteiger partial charge in [0, 0.05) is 41.3 Å². The molecule has 1 saturated heterocycles. The van der Waals surface area contributed by atoms with Crippen molar-refractivity contribution in [2.75, 3.05) is 25.5 Å². The van der Waals surface area contributed by atoms with Crippen LogP contribution in [0.1, 0.15) is 27.5 Å². The largest absolute Gasteiger partial charge is 0.468 e. The van der Waals surface area contributed by atoms with Crippen molar-refractivity contribution in [3.8, 4) is 0 Å². The van der Waals surface area contributed by atoms with Gasteiger partial charge in [0.2, 0.25) is 0 Å². The predicted molar refractivity (Wildman–Crippen MR) is 115 cm³/mol. The Labute approximate surface area is 177 Å². The summed E-state index contributed by atoms with van der Waals surface area (Å²) in [5.74, 6) is -0.218. The number of nitrogens with one attached hydrogen (secondary N) is 3. The molecule has 1 fully saturated rings. The molecule has 0 unspecified atom stereocenters. The lowest BCUT2D eigenvalue weighted by atomic mass is 10.1. The maximum atomic E-state index is 13.0. The number of methoxy groups -OCH3 is 1. The molecule has 4 heterocycles. The summed E-state index contributed by atoms with van der Waals surface area (Å²) >= 11 is 1.59. The van der Waals surface area contributed by atoms with Crippen LogP contribution in [0.5, 0.6) is 0 Å². The number of benzene rings is 1. The molecule has 30 heavy (non-hydrogen) atoms. The lowest BCUT2D eigenvalue weighted by molar-refractivity contribution is -0.142. The molecular weight excluding hydrogens is 402 g/mol. The van der Waals surface area contributed by atoms with E-state index in [0.717, 1.165) is 33.0 Å². The van der Waals surface area contributed by atoms with E-state index >= 15 is 0 Å². The van der Waals surface area contributed by atoms with Crippen LogP contribution in [0, 0.1) is 0 Å². The molecule has 8 nitrogen and oxygen atoms in total. The average molecular weight is 426 g/mol. The summed E-state index contributed by atoms with van der Waals surface area (Å²) < 4.78 is 4.81. The number of carbonyl (C=O) groups is 2. The number of para-hydroxylation sites is 1. The fourth-order valence-electron chi connectivity index (χ4n) is 4.13. The smallest absolute Gasteiger partial charge is 0.322 e. The number of nitrogens with zero attached hydrogens (tertiary/aromatic N) is 2. The monoisotopic (exact) mass is 425 g/mol. The standard InChI is InChI=1S/C21H23N5O3S/c1-29-20(28)17-9-13(10-22-17)23-21-25-15-6-7-26(11-18(15)30-21)19(27)16-8-12-4-2-3-5-14(12)24-16/h2-5,8,13,17,22,24H,6-7,9-11H2,1H3,(H,23,25)/t13-,17-/m0/s1. The van der Waals surface area contributed by atoms with Crippen LogP contribution < -0.4 is 10.6 Å². The number of aromatic amines is 1. The SMILES string of the molecule is COC(=O)[C@@H]1C[C@H](Nc2nc3c(s2)CN(C(=O)c2cc4ccccc4[nH]2)CC3)CN1. The molecule has 0 spiro atoms. The number of hydrogen-bond acceptors (Lipinski definition) is 7. The van der Waals surface area contributed by atoms with Gasteiger partial charge in [-0.1, -0.05) is 29.5 Å². The maximum Gasteiger partial charge on any atom is 0.322 e. The van der Waals surface area contributed by atoms with Gasteiger partial charge < -0.3 is 25.3 Å². The van der Waals surface area contributed by atoms with Crippen molar-refractivity contribution in [3.63, 3.8) is 0 Å². The molecule has 3 N–H and O–H groups in total. The van der Waals surface area contributed by atoms with Gasteiger partial charge in [-0.2, -0.15) is 0 Å². The van der Waals surface area contributed by atoms with Crippen molar-refractivity contribution in [2.24, 2.45) is 0 Å². The van der Waals surface area contributed by atoms with E-state index in [9.17, 15) is 9.59 Å². The van der Waals surface area contributed by atoms with Crippen LogP contribution in [0.15, 0.2) is 30.3 Å². The molecule has 0 aliphatic carbocycles. The Morgan fingerprint density at radius 2 is 2.20 bits per heavy atom. The molecule has 156 valence electrons. The number of rotatable bonds is 4. The number of thiazole rings is 1. The van der Waals surface area contributed by atoms with Crippen molar-refractivity contribution in [1.29, 1.82) is 0 Å². The first-order valence-electron chi connectivity index (χ1n) is 10.0. The van der Waals surface area contributed by atoms with Gasteiger partial charge in [-0.3, -0.25) is 9.59 Å². The zero-order valence-electron chi connectivity index (χ0n) is 16.6. The number of aromatic nitrogens is 2. The fraction of sp³-hybridized carbons (Fsp3) is 0.381. The van der Waals surface area contributed by atoms with Crippen molar-refractivity contribution in [1.82, 2.24) is 20.2 Å². The van der Waals surface area contributed by atoms with E-state index < -0.39 is 0 Å². The van der Waals surface area contributed by atoms with Crippen LogP contribution in [-0.2, 0) is 22.5 Å². The minimum atomic E-state index is -0.272. The Balaban J connectivity index is 1.25. The molecule has 2 aliphatic rings. The molecule has 3 aromatic rings. The van der Waals surface area contributed by atoms with Crippen LogP contribution >= 0.6 is 11.3 Å². The van der Waals surface area contributed by atoms with Crippen LogP contribution in [-0.4, -0.2) is 59.0 Å². The van der Waals surface area contributed by atoms with Gasteiger partial charge in [-0.15, -0.1) is 0 Å². The Hall–Kier alpha value is -2.91. The van der Waals surface area contributed by atoms with E-state index in [0.29, 0.717) is 31.7 Å². The normalized spacial score (nSPS) is 20.9. The third kappa shape index (κ3) is 3.54. The molecule has 1 aromatic carbocycles. The topological polar surface area (TPSA) is 99.3 Å². The van der Waals surface area contributed by atoms with Gasteiger partial charge in [-0.25, -0.2) is 4.98 Å². The van der Waals surface area contributed by atoms with Gasteiger partial charge in [0.25, 0.3) is 5.91 Å². The Kier molecular flexibility index (Phi) is 4.92. The van der Waals surface area contributed by atoms with Crippen molar-refractivity contribution >= 4 is 39.2 Å². The fourth-order valence-corrected chi connectivity index (χ4v) is 5.23. The van der Waals surface area contributed by atoms with Crippen LogP contribution in [0.3, 0.4) is 0 Å². The molecule has 2 aromatic heterocycles. The first-order valence-corrected chi connectivity index (χ1v) is 10.9. The van der Waals surface area contributed by atoms with E-state index in [2.05, 4.69) is 15.6 Å². The van der Waals surface area contributed by atoms with E-state index in [4.69, 9.17) is 9.72 Å². The number of ether oxygens (including phenoxy) is 1.